The molecule has 39 heteroatoms. The number of rotatable bonds is 11. The van der Waals surface area contributed by atoms with E-state index in [0.717, 1.165) is 28.7 Å². The molecule has 0 bridgehead atoms. The largest absolute Gasteiger partial charge is 1.00 e. The van der Waals surface area contributed by atoms with E-state index in [1.54, 1.807) is 186 Å². The summed E-state index contributed by atoms with van der Waals surface area (Å²) < 4.78 is 0. The van der Waals surface area contributed by atoms with Crippen LogP contribution in [0.3, 0.4) is 0 Å². The molecule has 0 aromatic heterocycles. The molecule has 0 fully saturated rings. The number of Topliss-reactive ketones (excluding diaryl/α,β-unsaturated/α-hetero) is 2. The number of alkyl halides is 1. The Morgan fingerprint density at radius 3 is 1.03 bits per heavy atom. The van der Waals surface area contributed by atoms with E-state index in [4.69, 9.17) is 61.3 Å². The molecule has 0 aliphatic carbocycles. The summed E-state index contributed by atoms with van der Waals surface area (Å²) in [5.74, 6) is 0.174. The fourth-order valence-electron chi connectivity index (χ4n) is 4.36. The van der Waals surface area contributed by atoms with Gasteiger partial charge >= 0.3 is 29.6 Å². The van der Waals surface area contributed by atoms with Gasteiger partial charge < -0.3 is 11.1 Å². The Morgan fingerprint density at radius 1 is 0.473 bits per heavy atom. The van der Waals surface area contributed by atoms with E-state index in [9.17, 15) is 9.59 Å². The molecular weight excluding hydrogens is 1570 g/mol. The quantitative estimate of drug-likeness (QED) is 0.0498. The van der Waals surface area contributed by atoms with Crippen LogP contribution in [0.2, 0.25) is 0 Å². The first-order valence-corrected chi connectivity index (χ1v) is 55.1. The topological polar surface area (TPSA) is 142 Å². The van der Waals surface area contributed by atoms with Crippen molar-refractivity contribution in [3.05, 3.63) is 169 Å². The van der Waals surface area contributed by atoms with Gasteiger partial charge in [-0.05, 0) is 54.5 Å². The van der Waals surface area contributed by atoms with Crippen molar-refractivity contribution in [2.45, 2.75) is 57.8 Å². The smallest absolute Gasteiger partial charge is 0.373 e. The SMILES string of the molecule is C.Cc1ccc(C(Br)C(=O)CCc2ccccc2)cc1.Cc1ccc(C(N=[N+]=[N-])C(=O)CCc2ccccc2)cc1.S=S=S=S=S=S=S=S=S=S=S=S=S=S.S=S=S=S=S=S=S=S=S=S=S=S=S=S=S.[N-]=[N+]=[N-].[Na+]. The van der Waals surface area contributed by atoms with Gasteiger partial charge in [0.15, 0.2) is 5.78 Å². The minimum absolute atomic E-state index is 0. The van der Waals surface area contributed by atoms with Crippen LogP contribution in [0.5, 0.6) is 0 Å². The number of aryl methyl sites for hydroxylation is 4. The maximum absolute atomic E-state index is 12.3. The molecule has 2 unspecified atom stereocenters. The molecule has 0 saturated heterocycles. The minimum Gasteiger partial charge on any atom is -0.373 e. The van der Waals surface area contributed by atoms with Crippen LogP contribution in [0.4, 0.5) is 0 Å². The fraction of sp³-hybridized carbons (Fsp3) is 0.257. The van der Waals surface area contributed by atoms with Gasteiger partial charge in [0.25, 0.3) is 0 Å². The van der Waals surface area contributed by atoms with Crippen LogP contribution in [-0.2, 0) is 289 Å². The summed E-state index contributed by atoms with van der Waals surface area (Å²) in [4.78, 5) is 28.6. The number of carbonyl (C=O) groups is 2. The van der Waals surface area contributed by atoms with Gasteiger partial charge in [0, 0.05) is 285 Å². The standard InChI is InChI=1S/C17H17BrO.C17H17N3O.CH4.N3.Na.S15.S14/c1-13-7-10-15(11-8-13)17(18)16(19)12-9-14-5-3-2-4-6-14;1-13-7-10-15(11-8-13)17(19-20-18)16(21)12-9-14-5-3-2-4-6-14;;1-3-2;;1-3-5-7-9-11-13-15-14-12-10-8-6-4-2;1-3-5-7-9-11-13-14-12-10-8-6-4-2/h2-8,10-11,17H,9,12H2,1H3;2-8,10-11,17H,9,12H2,1H3;1H4;;;;/q;;;-1;+1;;. The average Bonchev–Trinajstić information content (AvgIpc) is 3.40. The Hall–Kier alpha value is 2.70. The van der Waals surface area contributed by atoms with Crippen LogP contribution in [-0.4, -0.2) is 11.6 Å². The van der Waals surface area contributed by atoms with Crippen molar-refractivity contribution >= 4 is 294 Å². The van der Waals surface area contributed by atoms with Crippen molar-refractivity contribution in [2.75, 3.05) is 0 Å². The van der Waals surface area contributed by atoms with Crippen molar-refractivity contribution in [3.63, 3.8) is 0 Å². The fourth-order valence-corrected chi connectivity index (χ4v) is 62.5. The maximum Gasteiger partial charge on any atom is 1.00 e. The molecule has 8 nitrogen and oxygen atoms in total. The molecule has 0 aliphatic rings. The van der Waals surface area contributed by atoms with Gasteiger partial charge in [0.1, 0.15) is 11.8 Å². The summed E-state index contributed by atoms with van der Waals surface area (Å²) in [5, 5.41) is 3.67. The molecule has 0 heterocycles. The zero-order chi connectivity index (χ0) is 53.1. The Morgan fingerprint density at radius 2 is 0.743 bits per heavy atom. The molecule has 0 radical (unpaired) electrons. The minimum atomic E-state index is -0.737. The second kappa shape index (κ2) is 61.8. The molecule has 74 heavy (non-hydrogen) atoms. The zero-order valence-electron chi connectivity index (χ0n) is 37.1. The summed E-state index contributed by atoms with van der Waals surface area (Å²) in [6, 6.07) is 34.8. The van der Waals surface area contributed by atoms with Crippen molar-refractivity contribution in [2.24, 2.45) is 5.11 Å². The van der Waals surface area contributed by atoms with Gasteiger partial charge in [0.2, 0.25) is 0 Å². The summed E-state index contributed by atoms with van der Waals surface area (Å²) in [5.41, 5.74) is 28.6. The van der Waals surface area contributed by atoms with Gasteiger partial charge in [-0.25, -0.2) is 0 Å². The van der Waals surface area contributed by atoms with Gasteiger partial charge in [-0.15, -0.1) is 0 Å². The van der Waals surface area contributed by atoms with E-state index < -0.39 is 6.04 Å². The second-order valence-corrected chi connectivity index (χ2v) is 56.6. The molecule has 0 N–H and O–H groups in total. The third-order valence-corrected chi connectivity index (χ3v) is 59.3. The third kappa shape index (κ3) is 49.3. The molecule has 2 atom stereocenters. The van der Waals surface area contributed by atoms with Crippen LogP contribution in [0.25, 0.3) is 26.4 Å². The first-order valence-electron chi connectivity index (χ1n) is 18.2. The number of ketones is 2. The van der Waals surface area contributed by atoms with Gasteiger partial charge in [-0.1, -0.05) is 149 Å². The van der Waals surface area contributed by atoms with Gasteiger partial charge in [0.05, 0.1) is 4.83 Å². The normalized spacial score (nSPS) is 9.28. The predicted molar refractivity (Wildman–Crippen MR) is 396 cm³/mol. The number of hydrogen-bond donors (Lipinski definition) is 0. The van der Waals surface area contributed by atoms with E-state index in [1.807, 2.05) is 111 Å². The van der Waals surface area contributed by atoms with E-state index in [0.29, 0.717) is 19.3 Å². The Balaban J connectivity index is -0.000000895. The van der Waals surface area contributed by atoms with Crippen LogP contribution >= 0.6 is 15.9 Å². The van der Waals surface area contributed by atoms with Gasteiger partial charge in [-0.3, -0.25) is 14.5 Å². The van der Waals surface area contributed by atoms with Crippen molar-refractivity contribution in [1.82, 2.24) is 0 Å². The van der Waals surface area contributed by atoms with Crippen LogP contribution in [0, 0.1) is 13.8 Å². The van der Waals surface area contributed by atoms with E-state index in [1.165, 1.54) is 51.6 Å². The molecule has 4 aromatic rings. The number of carbonyl (C=O) groups excluding carboxylic acids is 2. The third-order valence-electron chi connectivity index (χ3n) is 7.16. The van der Waals surface area contributed by atoms with Crippen LogP contribution in [0.15, 0.2) is 114 Å². The first-order chi connectivity index (χ1) is 35.1. The molecule has 4 rings (SSSR count). The Bertz CT molecular complexity index is 3520. The molecule has 0 saturated carbocycles. The molecule has 4 aromatic carbocycles. The number of halogens is 1. The maximum atomic E-state index is 12.3. The Kier molecular flexibility index (Phi) is 67.5. The molecule has 402 valence electrons. The van der Waals surface area contributed by atoms with E-state index in [2.05, 4.69) is 38.1 Å². The molecule has 0 spiro atoms. The number of benzene rings is 4. The summed E-state index contributed by atoms with van der Waals surface area (Å²) >= 11 is 22.4. The average molecular weight is 1610 g/mol. The molecule has 0 amide bonds. The molecule has 0 aliphatic heterocycles. The number of azide groups is 1. The van der Waals surface area contributed by atoms with E-state index in [-0.39, 0.29) is 53.4 Å². The van der Waals surface area contributed by atoms with Crippen LogP contribution in [0.1, 0.15) is 64.5 Å². The number of hydrogen-bond acceptors (Lipinski definition) is 7. The molecular formula is C35H38BrN6NaO2S29. The van der Waals surface area contributed by atoms with Crippen molar-refractivity contribution in [1.29, 1.82) is 0 Å². The van der Waals surface area contributed by atoms with Crippen LogP contribution < -0.4 is 29.6 Å². The number of nitrogens with zero attached hydrogens (tertiary/aromatic N) is 6. The summed E-state index contributed by atoms with van der Waals surface area (Å²) in [6.07, 6.45) is 2.38. The van der Waals surface area contributed by atoms with Gasteiger partial charge in [-0.2, -0.15) is 0 Å². The Labute approximate surface area is 554 Å². The van der Waals surface area contributed by atoms with E-state index >= 15 is 0 Å². The summed E-state index contributed by atoms with van der Waals surface area (Å²) in [6.45, 7) is 4.02. The monoisotopic (exact) mass is 1600 g/mol. The predicted octanol–water partition coefficient (Wildman–Crippen LogP) is 7.62. The second-order valence-electron chi connectivity index (χ2n) is 11.5. The summed E-state index contributed by atoms with van der Waals surface area (Å²) in [7, 11) is 41.6. The zero-order valence-corrected chi connectivity index (χ0v) is 64.4. The first kappa shape index (κ1) is 80.9. The van der Waals surface area contributed by atoms with Crippen molar-refractivity contribution < 1.29 is 39.1 Å². The van der Waals surface area contributed by atoms with Crippen molar-refractivity contribution in [3.8, 4) is 0 Å².